The fourth-order valence-electron chi connectivity index (χ4n) is 2.61. The summed E-state index contributed by atoms with van der Waals surface area (Å²) in [6, 6.07) is 0. The lowest BCUT2D eigenvalue weighted by Gasteiger charge is -2.38. The maximum atomic E-state index is 12.5. The smallest absolute Gasteiger partial charge is 0.243 e. The molecule has 0 atom stereocenters. The second kappa shape index (κ2) is 4.37. The highest BCUT2D eigenvalue weighted by molar-refractivity contribution is 5.86. The minimum Gasteiger partial charge on any atom is -0.381 e. The zero-order chi connectivity index (χ0) is 12.6. The molecule has 2 aliphatic rings. The van der Waals surface area contributed by atoms with E-state index in [4.69, 9.17) is 10.5 Å². The molecule has 1 fully saturated rings. The molecule has 0 saturated carbocycles. The summed E-state index contributed by atoms with van der Waals surface area (Å²) in [5, 5.41) is 0. The standard InChI is InChI=1S/C12H18N4O2/c13-12(1-7-18-8-2-12)11(17)16-6-5-15-4-3-14-10(15)9-16/h3-4H,1-2,5-9,13H2. The molecule has 1 aromatic rings. The minimum atomic E-state index is -0.743. The number of ether oxygens (including phenoxy) is 1. The molecule has 6 nitrogen and oxygen atoms in total. The summed E-state index contributed by atoms with van der Waals surface area (Å²) in [6.45, 7) is 3.22. The van der Waals surface area contributed by atoms with Crippen LogP contribution in [0.2, 0.25) is 0 Å². The summed E-state index contributed by atoms with van der Waals surface area (Å²) < 4.78 is 7.36. The van der Waals surface area contributed by atoms with E-state index in [2.05, 4.69) is 9.55 Å². The average Bonchev–Trinajstić information content (AvgIpc) is 2.86. The second-order valence-electron chi connectivity index (χ2n) is 5.03. The third-order valence-electron chi connectivity index (χ3n) is 3.84. The lowest BCUT2D eigenvalue weighted by atomic mass is 9.89. The van der Waals surface area contributed by atoms with Gasteiger partial charge in [0.25, 0.3) is 0 Å². The Kier molecular flexibility index (Phi) is 2.83. The maximum absolute atomic E-state index is 12.5. The molecule has 0 spiro atoms. The zero-order valence-corrected chi connectivity index (χ0v) is 10.3. The van der Waals surface area contributed by atoms with E-state index in [1.165, 1.54) is 0 Å². The number of fused-ring (bicyclic) bond motifs is 1. The molecule has 2 N–H and O–H groups in total. The van der Waals surface area contributed by atoms with Crippen LogP contribution in [-0.4, -0.2) is 45.7 Å². The van der Waals surface area contributed by atoms with Crippen molar-refractivity contribution in [2.24, 2.45) is 5.73 Å². The number of aromatic nitrogens is 2. The Morgan fingerprint density at radius 2 is 2.17 bits per heavy atom. The van der Waals surface area contributed by atoms with Gasteiger partial charge < -0.3 is 19.9 Å². The van der Waals surface area contributed by atoms with Gasteiger partial charge in [-0.3, -0.25) is 4.79 Å². The normalized spacial score (nSPS) is 22.6. The van der Waals surface area contributed by atoms with E-state index in [0.717, 1.165) is 12.4 Å². The van der Waals surface area contributed by atoms with Gasteiger partial charge >= 0.3 is 0 Å². The van der Waals surface area contributed by atoms with E-state index in [-0.39, 0.29) is 5.91 Å². The Bertz CT molecular complexity index is 451. The summed E-state index contributed by atoms with van der Waals surface area (Å²) in [5.74, 6) is 0.977. The van der Waals surface area contributed by atoms with Crippen molar-refractivity contribution in [1.82, 2.24) is 14.5 Å². The molecule has 0 unspecified atom stereocenters. The summed E-state index contributed by atoms with van der Waals surface area (Å²) in [4.78, 5) is 18.6. The minimum absolute atomic E-state index is 0.0417. The zero-order valence-electron chi connectivity index (χ0n) is 10.3. The fourth-order valence-corrected chi connectivity index (χ4v) is 2.61. The Hall–Kier alpha value is -1.40. The van der Waals surface area contributed by atoms with Gasteiger partial charge in [-0.05, 0) is 12.8 Å². The molecule has 1 amide bonds. The molecule has 0 aromatic carbocycles. The first-order valence-electron chi connectivity index (χ1n) is 6.35. The van der Waals surface area contributed by atoms with E-state index < -0.39 is 5.54 Å². The molecule has 6 heteroatoms. The van der Waals surface area contributed by atoms with Gasteiger partial charge in [-0.2, -0.15) is 0 Å². The Balaban J connectivity index is 1.74. The first kappa shape index (κ1) is 11.7. The molecule has 1 aromatic heterocycles. The largest absolute Gasteiger partial charge is 0.381 e. The first-order valence-corrected chi connectivity index (χ1v) is 6.35. The topological polar surface area (TPSA) is 73.4 Å². The van der Waals surface area contributed by atoms with Crippen molar-refractivity contribution < 1.29 is 9.53 Å². The van der Waals surface area contributed by atoms with Crippen molar-refractivity contribution in [1.29, 1.82) is 0 Å². The van der Waals surface area contributed by atoms with E-state index in [1.54, 1.807) is 6.20 Å². The Morgan fingerprint density at radius 1 is 1.39 bits per heavy atom. The number of carbonyl (C=O) groups excluding carboxylic acids is 1. The van der Waals surface area contributed by atoms with E-state index in [0.29, 0.717) is 39.1 Å². The van der Waals surface area contributed by atoms with Gasteiger partial charge in [0.1, 0.15) is 5.82 Å². The van der Waals surface area contributed by atoms with Crippen LogP contribution in [0.25, 0.3) is 0 Å². The molecule has 3 rings (SSSR count). The van der Waals surface area contributed by atoms with Crippen molar-refractivity contribution >= 4 is 5.91 Å². The fraction of sp³-hybridized carbons (Fsp3) is 0.667. The first-order chi connectivity index (χ1) is 8.69. The van der Waals surface area contributed by atoms with Gasteiger partial charge in [0.05, 0.1) is 12.1 Å². The van der Waals surface area contributed by atoms with Crippen LogP contribution in [0.3, 0.4) is 0 Å². The van der Waals surface area contributed by atoms with Crippen LogP contribution in [0.5, 0.6) is 0 Å². The molecule has 0 aliphatic carbocycles. The maximum Gasteiger partial charge on any atom is 0.243 e. The lowest BCUT2D eigenvalue weighted by Crippen LogP contribution is -2.59. The van der Waals surface area contributed by atoms with Crippen molar-refractivity contribution in [2.75, 3.05) is 19.8 Å². The second-order valence-corrected chi connectivity index (χ2v) is 5.03. The van der Waals surface area contributed by atoms with Gasteiger partial charge in [0.15, 0.2) is 0 Å². The number of carbonyl (C=O) groups is 1. The summed E-state index contributed by atoms with van der Waals surface area (Å²) in [5.41, 5.74) is 5.49. The van der Waals surface area contributed by atoms with Crippen LogP contribution in [0, 0.1) is 0 Å². The highest BCUT2D eigenvalue weighted by Crippen LogP contribution is 2.22. The highest BCUT2D eigenvalue weighted by Gasteiger charge is 2.39. The predicted octanol–water partition coefficient (Wildman–Crippen LogP) is -0.267. The van der Waals surface area contributed by atoms with E-state index >= 15 is 0 Å². The molecule has 0 bridgehead atoms. The van der Waals surface area contributed by atoms with Crippen molar-refractivity contribution in [3.05, 3.63) is 18.2 Å². The number of rotatable bonds is 1. The number of amides is 1. The van der Waals surface area contributed by atoms with Gasteiger partial charge in [0, 0.05) is 38.7 Å². The molecular weight excluding hydrogens is 232 g/mol. The molecular formula is C12H18N4O2. The number of hydrogen-bond acceptors (Lipinski definition) is 4. The molecule has 2 aliphatic heterocycles. The number of nitrogens with two attached hydrogens (primary N) is 1. The monoisotopic (exact) mass is 250 g/mol. The van der Waals surface area contributed by atoms with Gasteiger partial charge in [0.2, 0.25) is 5.91 Å². The van der Waals surface area contributed by atoms with Crippen LogP contribution in [0.1, 0.15) is 18.7 Å². The average molecular weight is 250 g/mol. The lowest BCUT2D eigenvalue weighted by molar-refractivity contribution is -0.142. The van der Waals surface area contributed by atoms with Crippen LogP contribution >= 0.6 is 0 Å². The summed E-state index contributed by atoms with van der Waals surface area (Å²) >= 11 is 0. The SMILES string of the molecule is NC1(C(=O)N2CCn3ccnc3C2)CCOCC1. The van der Waals surface area contributed by atoms with Gasteiger partial charge in [-0.25, -0.2) is 4.98 Å². The van der Waals surface area contributed by atoms with Gasteiger partial charge in [-0.1, -0.05) is 0 Å². The van der Waals surface area contributed by atoms with Crippen LogP contribution in [-0.2, 0) is 22.6 Å². The van der Waals surface area contributed by atoms with Crippen LogP contribution in [0.15, 0.2) is 12.4 Å². The number of nitrogens with zero attached hydrogens (tertiary/aromatic N) is 3. The van der Waals surface area contributed by atoms with Crippen molar-refractivity contribution in [3.63, 3.8) is 0 Å². The third kappa shape index (κ3) is 1.91. The molecule has 98 valence electrons. The van der Waals surface area contributed by atoms with Crippen LogP contribution in [0.4, 0.5) is 0 Å². The molecule has 18 heavy (non-hydrogen) atoms. The van der Waals surface area contributed by atoms with E-state index in [9.17, 15) is 4.79 Å². The van der Waals surface area contributed by atoms with E-state index in [1.807, 2.05) is 11.1 Å². The summed E-state index contributed by atoms with van der Waals surface area (Å²) in [7, 11) is 0. The Morgan fingerprint density at radius 3 is 2.94 bits per heavy atom. The number of hydrogen-bond donors (Lipinski definition) is 1. The quantitative estimate of drug-likeness (QED) is 0.745. The van der Waals surface area contributed by atoms with Crippen LogP contribution < -0.4 is 5.73 Å². The van der Waals surface area contributed by atoms with Gasteiger partial charge in [-0.15, -0.1) is 0 Å². The van der Waals surface area contributed by atoms with Crippen molar-refractivity contribution in [3.8, 4) is 0 Å². The highest BCUT2D eigenvalue weighted by atomic mass is 16.5. The third-order valence-corrected chi connectivity index (χ3v) is 3.84. The number of imidazole rings is 1. The summed E-state index contributed by atoms with van der Waals surface area (Å²) in [6.07, 6.45) is 4.94. The molecule has 0 radical (unpaired) electrons. The molecule has 3 heterocycles. The Labute approximate surface area is 106 Å². The van der Waals surface area contributed by atoms with Crippen molar-refractivity contribution in [2.45, 2.75) is 31.5 Å². The molecule has 1 saturated heterocycles. The predicted molar refractivity (Wildman–Crippen MR) is 64.6 cm³/mol.